The summed E-state index contributed by atoms with van der Waals surface area (Å²) < 4.78 is 51.7. The van der Waals surface area contributed by atoms with Crippen molar-refractivity contribution in [2.24, 2.45) is 0 Å². The number of alkyl halides is 1. The molecule has 0 amide bonds. The number of sulfonamides is 1. The van der Waals surface area contributed by atoms with E-state index in [1.165, 1.54) is 0 Å². The maximum Gasteiger partial charge on any atom is 0.232 e. The van der Waals surface area contributed by atoms with Crippen LogP contribution in [0.15, 0.2) is 16.6 Å². The van der Waals surface area contributed by atoms with E-state index in [9.17, 15) is 17.2 Å². The summed E-state index contributed by atoms with van der Waals surface area (Å²) in [6.07, 6.45) is 0.902. The second-order valence-electron chi connectivity index (χ2n) is 3.56. The van der Waals surface area contributed by atoms with Crippen LogP contribution in [0, 0.1) is 11.6 Å². The summed E-state index contributed by atoms with van der Waals surface area (Å²) in [5, 5.41) is 0. The first-order chi connectivity index (χ1) is 8.35. The average molecular weight is 363 g/mol. The minimum Gasteiger partial charge on any atom is -0.280 e. The normalized spacial score (nSPS) is 11.6. The van der Waals surface area contributed by atoms with Gasteiger partial charge >= 0.3 is 0 Å². The lowest BCUT2D eigenvalue weighted by Crippen LogP contribution is -2.17. The Morgan fingerprint density at radius 3 is 2.50 bits per heavy atom. The SMILES string of the molecule is O=S(=O)(CCCCCl)Nc1cc(F)c(Br)cc1F. The van der Waals surface area contributed by atoms with Crippen molar-refractivity contribution in [3.63, 3.8) is 0 Å². The van der Waals surface area contributed by atoms with Crippen LogP contribution in [0.2, 0.25) is 0 Å². The van der Waals surface area contributed by atoms with Crippen molar-refractivity contribution < 1.29 is 17.2 Å². The number of halogens is 4. The van der Waals surface area contributed by atoms with Crippen LogP contribution < -0.4 is 4.72 Å². The monoisotopic (exact) mass is 361 g/mol. The zero-order valence-electron chi connectivity index (χ0n) is 9.22. The molecule has 8 heteroatoms. The van der Waals surface area contributed by atoms with Crippen LogP contribution >= 0.6 is 27.5 Å². The summed E-state index contributed by atoms with van der Waals surface area (Å²) in [4.78, 5) is 0. The number of unbranched alkanes of at least 4 members (excludes halogenated alkanes) is 1. The predicted octanol–water partition coefficient (Wildman–Crippen LogP) is 3.49. The number of nitrogens with one attached hydrogen (secondary N) is 1. The summed E-state index contributed by atoms with van der Waals surface area (Å²) in [5.74, 6) is -1.41. The molecule has 0 spiro atoms. The topological polar surface area (TPSA) is 46.2 Å². The van der Waals surface area contributed by atoms with Crippen molar-refractivity contribution >= 4 is 43.2 Å². The molecule has 0 fully saturated rings. The lowest BCUT2D eigenvalue weighted by Gasteiger charge is -2.09. The minimum absolute atomic E-state index is 0.0647. The van der Waals surface area contributed by atoms with Crippen LogP contribution in [0.25, 0.3) is 0 Å². The van der Waals surface area contributed by atoms with Gasteiger partial charge in [0.2, 0.25) is 10.0 Å². The quantitative estimate of drug-likeness (QED) is 0.478. The van der Waals surface area contributed by atoms with Gasteiger partial charge in [0.25, 0.3) is 0 Å². The van der Waals surface area contributed by atoms with Crippen molar-refractivity contribution in [3.05, 3.63) is 28.2 Å². The molecule has 0 saturated heterocycles. The molecule has 18 heavy (non-hydrogen) atoms. The first-order valence-corrected chi connectivity index (χ1v) is 8.04. The van der Waals surface area contributed by atoms with Gasteiger partial charge in [0.05, 0.1) is 15.9 Å². The molecule has 0 heterocycles. The molecule has 0 saturated carbocycles. The Hall–Kier alpha value is -0.400. The highest BCUT2D eigenvalue weighted by Crippen LogP contribution is 2.24. The van der Waals surface area contributed by atoms with Gasteiger partial charge in [-0.25, -0.2) is 17.2 Å². The van der Waals surface area contributed by atoms with Gasteiger partial charge in [-0.3, -0.25) is 4.72 Å². The maximum atomic E-state index is 13.4. The van der Waals surface area contributed by atoms with Crippen LogP contribution in [-0.4, -0.2) is 20.1 Å². The zero-order valence-corrected chi connectivity index (χ0v) is 12.4. The van der Waals surface area contributed by atoms with E-state index in [0.29, 0.717) is 18.7 Å². The molecule has 1 aromatic rings. The molecule has 1 N–H and O–H groups in total. The van der Waals surface area contributed by atoms with Crippen molar-refractivity contribution in [2.45, 2.75) is 12.8 Å². The van der Waals surface area contributed by atoms with Crippen LogP contribution in [0.5, 0.6) is 0 Å². The third-order valence-electron chi connectivity index (χ3n) is 2.07. The lowest BCUT2D eigenvalue weighted by atomic mass is 10.3. The fourth-order valence-electron chi connectivity index (χ4n) is 1.21. The Morgan fingerprint density at radius 1 is 1.22 bits per heavy atom. The van der Waals surface area contributed by atoms with Gasteiger partial charge in [0.1, 0.15) is 11.6 Å². The van der Waals surface area contributed by atoms with E-state index in [0.717, 1.165) is 12.1 Å². The molecule has 0 unspecified atom stereocenters. The highest BCUT2D eigenvalue weighted by atomic mass is 79.9. The minimum atomic E-state index is -3.69. The van der Waals surface area contributed by atoms with E-state index in [1.54, 1.807) is 0 Å². The first kappa shape index (κ1) is 15.7. The van der Waals surface area contributed by atoms with Gasteiger partial charge in [0.15, 0.2) is 0 Å². The molecule has 0 radical (unpaired) electrons. The Labute approximate surface area is 118 Å². The molecule has 0 bridgehead atoms. The zero-order chi connectivity index (χ0) is 13.8. The van der Waals surface area contributed by atoms with Gasteiger partial charge in [-0.1, -0.05) is 0 Å². The van der Waals surface area contributed by atoms with E-state index in [2.05, 4.69) is 15.9 Å². The first-order valence-electron chi connectivity index (χ1n) is 5.07. The van der Waals surface area contributed by atoms with Gasteiger partial charge in [-0.05, 0) is 34.8 Å². The Balaban J connectivity index is 2.81. The summed E-state index contributed by atoms with van der Waals surface area (Å²) in [6.45, 7) is 0. The molecule has 102 valence electrons. The highest BCUT2D eigenvalue weighted by Gasteiger charge is 2.15. The van der Waals surface area contributed by atoms with Crippen LogP contribution in [0.3, 0.4) is 0 Å². The molecule has 0 aliphatic heterocycles. The van der Waals surface area contributed by atoms with Gasteiger partial charge in [-0.2, -0.15) is 0 Å². The number of hydrogen-bond donors (Lipinski definition) is 1. The fourth-order valence-corrected chi connectivity index (χ4v) is 2.89. The van der Waals surface area contributed by atoms with Crippen LogP contribution in [-0.2, 0) is 10.0 Å². The van der Waals surface area contributed by atoms with E-state index in [1.807, 2.05) is 4.72 Å². The second kappa shape index (κ2) is 6.68. The summed E-state index contributed by atoms with van der Waals surface area (Å²) >= 11 is 8.23. The van der Waals surface area contributed by atoms with Crippen molar-refractivity contribution in [1.82, 2.24) is 0 Å². The number of benzene rings is 1. The van der Waals surface area contributed by atoms with E-state index in [-0.39, 0.29) is 10.2 Å². The third kappa shape index (κ3) is 4.70. The standard InChI is InChI=1S/C10H11BrClF2NO2S/c11-7-5-9(14)10(6-8(7)13)15-18(16,17)4-2-1-3-12/h5-6,15H,1-4H2. The second-order valence-corrected chi connectivity index (χ2v) is 6.64. The number of hydrogen-bond acceptors (Lipinski definition) is 2. The van der Waals surface area contributed by atoms with Gasteiger partial charge in [-0.15, -0.1) is 11.6 Å². The Bertz CT molecular complexity index is 525. The lowest BCUT2D eigenvalue weighted by molar-refractivity contribution is 0.590. The summed E-state index contributed by atoms with van der Waals surface area (Å²) in [6, 6.07) is 1.66. The highest BCUT2D eigenvalue weighted by molar-refractivity contribution is 9.10. The molecular formula is C10H11BrClF2NO2S. The van der Waals surface area contributed by atoms with Crippen LogP contribution in [0.4, 0.5) is 14.5 Å². The molecule has 0 aromatic heterocycles. The maximum absolute atomic E-state index is 13.4. The van der Waals surface area contributed by atoms with Crippen molar-refractivity contribution in [2.75, 3.05) is 16.4 Å². The van der Waals surface area contributed by atoms with Gasteiger partial charge in [0, 0.05) is 11.9 Å². The van der Waals surface area contributed by atoms with E-state index < -0.39 is 27.3 Å². The summed E-state index contributed by atoms with van der Waals surface area (Å²) in [7, 11) is -3.69. The third-order valence-corrected chi connectivity index (χ3v) is 4.30. The molecule has 1 rings (SSSR count). The number of anilines is 1. The molecule has 3 nitrogen and oxygen atoms in total. The van der Waals surface area contributed by atoms with Crippen LogP contribution in [0.1, 0.15) is 12.8 Å². The predicted molar refractivity (Wildman–Crippen MR) is 71.4 cm³/mol. The summed E-state index contributed by atoms with van der Waals surface area (Å²) in [5.41, 5.74) is -0.401. The van der Waals surface area contributed by atoms with Crippen molar-refractivity contribution in [3.8, 4) is 0 Å². The Kier molecular flexibility index (Phi) is 5.81. The average Bonchev–Trinajstić information content (AvgIpc) is 2.26. The fraction of sp³-hybridized carbons (Fsp3) is 0.400. The van der Waals surface area contributed by atoms with Gasteiger partial charge < -0.3 is 0 Å². The molecule has 0 aliphatic carbocycles. The molecule has 0 aliphatic rings. The van der Waals surface area contributed by atoms with E-state index in [4.69, 9.17) is 11.6 Å². The molecule has 1 aromatic carbocycles. The van der Waals surface area contributed by atoms with E-state index >= 15 is 0 Å². The smallest absolute Gasteiger partial charge is 0.232 e. The number of rotatable bonds is 6. The Morgan fingerprint density at radius 2 is 1.89 bits per heavy atom. The van der Waals surface area contributed by atoms with Crippen molar-refractivity contribution in [1.29, 1.82) is 0 Å². The molecule has 0 atom stereocenters. The molecular weight excluding hydrogens is 352 g/mol. The largest absolute Gasteiger partial charge is 0.280 e.